The van der Waals surface area contributed by atoms with E-state index in [1.807, 2.05) is 6.07 Å². The lowest BCUT2D eigenvalue weighted by Crippen LogP contribution is -2.21. The smallest absolute Gasteiger partial charge is 0.343 e. The first-order valence-electron chi connectivity index (χ1n) is 9.73. The van der Waals surface area contributed by atoms with Crippen LogP contribution in [0.1, 0.15) is 27.4 Å². The van der Waals surface area contributed by atoms with Gasteiger partial charge in [0.1, 0.15) is 28.9 Å². The molecule has 0 fully saturated rings. The molecule has 3 aromatic rings. The summed E-state index contributed by atoms with van der Waals surface area (Å²) in [7, 11) is 1.50. The number of nitrogens with zero attached hydrogens (tertiary/aromatic N) is 2. The average Bonchev–Trinajstić information content (AvgIpc) is 2.83. The van der Waals surface area contributed by atoms with E-state index < -0.39 is 16.8 Å². The molecule has 1 aliphatic heterocycles. The van der Waals surface area contributed by atoms with Crippen LogP contribution in [-0.2, 0) is 0 Å². The van der Waals surface area contributed by atoms with Crippen LogP contribution in [0.15, 0.2) is 78.2 Å². The fourth-order valence-electron chi connectivity index (χ4n) is 3.58. The van der Waals surface area contributed by atoms with Crippen molar-refractivity contribution in [1.82, 2.24) is 0 Å². The molecule has 1 unspecified atom stereocenters. The fraction of sp³-hybridized carbons (Fsp3) is 0.0833. The predicted octanol–water partition coefficient (Wildman–Crippen LogP) is 4.04. The van der Waals surface area contributed by atoms with E-state index in [-0.39, 0.29) is 28.6 Å². The Morgan fingerprint density at radius 3 is 2.64 bits per heavy atom. The van der Waals surface area contributed by atoms with Gasteiger partial charge in [0, 0.05) is 23.8 Å². The number of ether oxygens (including phenoxy) is 3. The summed E-state index contributed by atoms with van der Waals surface area (Å²) in [5.74, 6) is -0.410. The Labute approximate surface area is 188 Å². The number of allylic oxidation sites excluding steroid dienone is 1. The normalized spacial score (nSPS) is 14.5. The Morgan fingerprint density at radius 2 is 1.91 bits per heavy atom. The number of non-ortho nitro benzene ring substituents is 1. The van der Waals surface area contributed by atoms with E-state index in [1.165, 1.54) is 31.4 Å². The van der Waals surface area contributed by atoms with Crippen LogP contribution in [0.25, 0.3) is 0 Å². The molecule has 0 amide bonds. The molecule has 0 saturated heterocycles. The van der Waals surface area contributed by atoms with Crippen LogP contribution < -0.4 is 19.9 Å². The van der Waals surface area contributed by atoms with Crippen LogP contribution in [0, 0.1) is 21.4 Å². The fourth-order valence-corrected chi connectivity index (χ4v) is 3.58. The SMILES string of the molecule is COc1cccc(C(=O)Oc2ccc3c(c2)OC(N)=C(C#N)C3c2cccc([N+](=O)[O-])c2)c1. The minimum Gasteiger partial charge on any atom is -0.497 e. The molecule has 2 N–H and O–H groups in total. The van der Waals surface area contributed by atoms with Crippen molar-refractivity contribution in [2.75, 3.05) is 7.11 Å². The number of nitro benzene ring substituents is 1. The molecule has 1 aliphatic rings. The van der Waals surface area contributed by atoms with E-state index in [0.717, 1.165) is 0 Å². The maximum Gasteiger partial charge on any atom is 0.343 e. The van der Waals surface area contributed by atoms with Crippen molar-refractivity contribution in [3.8, 4) is 23.3 Å². The van der Waals surface area contributed by atoms with E-state index in [4.69, 9.17) is 19.9 Å². The number of hydrogen-bond acceptors (Lipinski definition) is 8. The van der Waals surface area contributed by atoms with E-state index >= 15 is 0 Å². The van der Waals surface area contributed by atoms with Crippen LogP contribution >= 0.6 is 0 Å². The number of carbonyl (C=O) groups excluding carboxylic acids is 1. The second-order valence-corrected chi connectivity index (χ2v) is 7.10. The molecule has 4 rings (SSSR count). The van der Waals surface area contributed by atoms with Crippen LogP contribution in [0.4, 0.5) is 5.69 Å². The zero-order valence-corrected chi connectivity index (χ0v) is 17.3. The molecule has 164 valence electrons. The molecule has 1 atom stereocenters. The summed E-state index contributed by atoms with van der Waals surface area (Å²) in [6.07, 6.45) is 0. The lowest BCUT2D eigenvalue weighted by Gasteiger charge is -2.26. The second-order valence-electron chi connectivity index (χ2n) is 7.10. The predicted molar refractivity (Wildman–Crippen MR) is 117 cm³/mol. The summed E-state index contributed by atoms with van der Waals surface area (Å²) >= 11 is 0. The highest BCUT2D eigenvalue weighted by atomic mass is 16.6. The van der Waals surface area contributed by atoms with Crippen molar-refractivity contribution < 1.29 is 23.9 Å². The maximum absolute atomic E-state index is 12.5. The van der Waals surface area contributed by atoms with E-state index in [0.29, 0.717) is 22.4 Å². The lowest BCUT2D eigenvalue weighted by molar-refractivity contribution is -0.384. The molecule has 33 heavy (non-hydrogen) atoms. The standard InChI is InChI=1S/C24H17N3O6/c1-31-17-7-3-5-15(11-17)24(28)32-18-8-9-19-21(12-18)33-23(26)20(13-25)22(19)14-4-2-6-16(10-14)27(29)30/h2-12,22H,26H2,1H3. The molecule has 0 aromatic heterocycles. The molecule has 0 spiro atoms. The molecule has 9 nitrogen and oxygen atoms in total. The third-order valence-corrected chi connectivity index (χ3v) is 5.12. The number of fused-ring (bicyclic) bond motifs is 1. The van der Waals surface area contributed by atoms with Crippen molar-refractivity contribution in [2.24, 2.45) is 5.73 Å². The van der Waals surface area contributed by atoms with Gasteiger partial charge in [-0.2, -0.15) is 5.26 Å². The third kappa shape index (κ3) is 4.18. The summed E-state index contributed by atoms with van der Waals surface area (Å²) in [6.45, 7) is 0. The summed E-state index contributed by atoms with van der Waals surface area (Å²) in [5.41, 5.74) is 7.37. The van der Waals surface area contributed by atoms with Gasteiger partial charge in [-0.15, -0.1) is 0 Å². The highest BCUT2D eigenvalue weighted by molar-refractivity contribution is 5.91. The molecular formula is C24H17N3O6. The van der Waals surface area contributed by atoms with E-state index in [2.05, 4.69) is 0 Å². The number of methoxy groups -OCH3 is 1. The highest BCUT2D eigenvalue weighted by Gasteiger charge is 2.32. The first-order valence-corrected chi connectivity index (χ1v) is 9.73. The zero-order valence-electron chi connectivity index (χ0n) is 17.3. The molecule has 0 bridgehead atoms. The zero-order chi connectivity index (χ0) is 23.5. The topological polar surface area (TPSA) is 138 Å². The summed E-state index contributed by atoms with van der Waals surface area (Å²) < 4.78 is 16.2. The first kappa shape index (κ1) is 21.4. The number of hydrogen-bond donors (Lipinski definition) is 1. The molecule has 1 heterocycles. The maximum atomic E-state index is 12.5. The number of benzene rings is 3. The third-order valence-electron chi connectivity index (χ3n) is 5.12. The molecule has 0 saturated carbocycles. The Bertz CT molecular complexity index is 1340. The van der Waals surface area contributed by atoms with Gasteiger partial charge in [-0.1, -0.05) is 24.3 Å². The Balaban J connectivity index is 1.70. The Hall–Kier alpha value is -4.84. The quantitative estimate of drug-likeness (QED) is 0.270. The van der Waals surface area contributed by atoms with Crippen LogP contribution in [-0.4, -0.2) is 18.0 Å². The van der Waals surface area contributed by atoms with Gasteiger partial charge >= 0.3 is 5.97 Å². The van der Waals surface area contributed by atoms with Gasteiger partial charge in [0.15, 0.2) is 0 Å². The number of nitriles is 1. The van der Waals surface area contributed by atoms with E-state index in [1.54, 1.807) is 42.5 Å². The van der Waals surface area contributed by atoms with Gasteiger partial charge in [0.05, 0.1) is 23.5 Å². The summed E-state index contributed by atoms with van der Waals surface area (Å²) in [4.78, 5) is 23.3. The summed E-state index contributed by atoms with van der Waals surface area (Å²) in [6, 6.07) is 19.2. The van der Waals surface area contributed by atoms with Crippen LogP contribution in [0.3, 0.4) is 0 Å². The summed E-state index contributed by atoms with van der Waals surface area (Å²) in [5, 5.41) is 20.9. The average molecular weight is 443 g/mol. The highest BCUT2D eigenvalue weighted by Crippen LogP contribution is 2.44. The van der Waals surface area contributed by atoms with Gasteiger partial charge in [-0.05, 0) is 29.8 Å². The van der Waals surface area contributed by atoms with E-state index in [9.17, 15) is 20.2 Å². The minimum absolute atomic E-state index is 0.111. The second kappa shape index (κ2) is 8.72. The van der Waals surface area contributed by atoms with Crippen molar-refractivity contribution in [2.45, 2.75) is 5.92 Å². The monoisotopic (exact) mass is 443 g/mol. The lowest BCUT2D eigenvalue weighted by atomic mass is 9.83. The van der Waals surface area contributed by atoms with Crippen LogP contribution in [0.5, 0.6) is 17.2 Å². The van der Waals surface area contributed by atoms with Crippen molar-refractivity contribution >= 4 is 11.7 Å². The Morgan fingerprint density at radius 1 is 1.12 bits per heavy atom. The Kier molecular flexibility index (Phi) is 5.66. The van der Waals surface area contributed by atoms with Crippen molar-refractivity contribution in [3.63, 3.8) is 0 Å². The molecule has 0 radical (unpaired) electrons. The number of nitrogens with two attached hydrogens (primary N) is 1. The number of carbonyl (C=O) groups is 1. The largest absolute Gasteiger partial charge is 0.497 e. The molecule has 9 heteroatoms. The van der Waals surface area contributed by atoms with Gasteiger partial charge in [-0.25, -0.2) is 4.79 Å². The van der Waals surface area contributed by atoms with Gasteiger partial charge in [0.25, 0.3) is 5.69 Å². The van der Waals surface area contributed by atoms with Crippen LogP contribution in [0.2, 0.25) is 0 Å². The van der Waals surface area contributed by atoms with Crippen molar-refractivity contribution in [3.05, 3.63) is 105 Å². The van der Waals surface area contributed by atoms with Crippen molar-refractivity contribution in [1.29, 1.82) is 5.26 Å². The molecule has 3 aromatic carbocycles. The van der Waals surface area contributed by atoms with Gasteiger partial charge in [-0.3, -0.25) is 10.1 Å². The number of rotatable bonds is 5. The minimum atomic E-state index is -0.679. The molecule has 0 aliphatic carbocycles. The van der Waals surface area contributed by atoms with Gasteiger partial charge < -0.3 is 19.9 Å². The first-order chi connectivity index (χ1) is 15.9. The number of nitro groups is 1. The van der Waals surface area contributed by atoms with Gasteiger partial charge in [0.2, 0.25) is 5.88 Å². The number of esters is 1. The molecular weight excluding hydrogens is 426 g/mol.